The fourth-order valence-electron chi connectivity index (χ4n) is 3.88. The molecule has 2 aromatic rings. The van der Waals surface area contributed by atoms with Crippen LogP contribution in [0.25, 0.3) is 0 Å². The van der Waals surface area contributed by atoms with E-state index in [-0.39, 0.29) is 12.0 Å². The first-order valence-corrected chi connectivity index (χ1v) is 11.1. The maximum Gasteiger partial charge on any atom is 0.242 e. The van der Waals surface area contributed by atoms with Crippen molar-refractivity contribution in [1.82, 2.24) is 4.72 Å². The summed E-state index contributed by atoms with van der Waals surface area (Å²) < 4.78 is 57.4. The quantitative estimate of drug-likeness (QED) is 0.780. The van der Waals surface area contributed by atoms with Crippen LogP contribution >= 0.6 is 11.3 Å². The number of thiophene rings is 1. The zero-order valence-corrected chi connectivity index (χ0v) is 16.6. The highest BCUT2D eigenvalue weighted by atomic mass is 32.2. The molecule has 7 heteroatoms. The number of benzene rings is 1. The second kappa shape index (κ2) is 7.37. The number of rotatable bonds is 5. The van der Waals surface area contributed by atoms with Crippen LogP contribution < -0.4 is 4.72 Å². The minimum Gasteiger partial charge on any atom is -0.207 e. The summed E-state index contributed by atoms with van der Waals surface area (Å²) >= 11 is 1.39. The third-order valence-electron chi connectivity index (χ3n) is 5.10. The van der Waals surface area contributed by atoms with Crippen LogP contribution in [-0.4, -0.2) is 14.0 Å². The number of hydrogen-bond acceptors (Lipinski definition) is 3. The van der Waals surface area contributed by atoms with Crippen molar-refractivity contribution < 1.29 is 17.2 Å². The Morgan fingerprint density at radius 3 is 2.27 bits per heavy atom. The van der Waals surface area contributed by atoms with Gasteiger partial charge in [-0.25, -0.2) is 21.9 Å². The average molecular weight is 400 g/mol. The summed E-state index contributed by atoms with van der Waals surface area (Å²) in [6.07, 6.45) is 3.83. The van der Waals surface area contributed by atoms with Gasteiger partial charge in [0.2, 0.25) is 10.0 Å². The minimum atomic E-state index is -3.77. The Balaban J connectivity index is 1.98. The Hall–Kier alpha value is -1.31. The second-order valence-electron chi connectivity index (χ2n) is 7.13. The van der Waals surface area contributed by atoms with Gasteiger partial charge in [0.05, 0.1) is 4.90 Å². The fourth-order valence-corrected chi connectivity index (χ4v) is 6.98. The molecule has 142 valence electrons. The van der Waals surface area contributed by atoms with Gasteiger partial charge in [-0.1, -0.05) is 25.3 Å². The van der Waals surface area contributed by atoms with Crippen LogP contribution in [-0.2, 0) is 16.4 Å². The summed E-state index contributed by atoms with van der Waals surface area (Å²) in [5.74, 6) is -1.26. The molecular weight excluding hydrogens is 376 g/mol. The lowest BCUT2D eigenvalue weighted by molar-refractivity contribution is 0.261. The predicted molar refractivity (Wildman–Crippen MR) is 100.0 cm³/mol. The lowest BCUT2D eigenvalue weighted by atomic mass is 9.78. The van der Waals surface area contributed by atoms with Crippen LogP contribution in [0.3, 0.4) is 0 Å². The molecule has 1 aromatic carbocycles. The summed E-state index contributed by atoms with van der Waals surface area (Å²) in [7, 11) is -3.77. The van der Waals surface area contributed by atoms with Crippen molar-refractivity contribution in [1.29, 1.82) is 0 Å². The third-order valence-corrected chi connectivity index (χ3v) is 8.12. The van der Waals surface area contributed by atoms with Crippen molar-refractivity contribution in [3.8, 4) is 0 Å². The summed E-state index contributed by atoms with van der Waals surface area (Å²) in [5.41, 5.74) is -0.208. The number of hydrogen-bond donors (Lipinski definition) is 1. The molecule has 3 nitrogen and oxygen atoms in total. The molecule has 3 rings (SSSR count). The van der Waals surface area contributed by atoms with Crippen molar-refractivity contribution in [2.45, 2.75) is 62.8 Å². The number of halogens is 2. The first kappa shape index (κ1) is 19.5. The predicted octanol–water partition coefficient (Wildman–Crippen LogP) is 4.87. The van der Waals surface area contributed by atoms with Gasteiger partial charge in [-0.3, -0.25) is 0 Å². The fraction of sp³-hybridized carbons (Fsp3) is 0.474. The second-order valence-corrected chi connectivity index (χ2v) is 9.83. The van der Waals surface area contributed by atoms with Crippen LogP contribution in [0, 0.1) is 25.5 Å². The van der Waals surface area contributed by atoms with E-state index in [1.54, 1.807) is 13.8 Å². The molecule has 0 saturated heterocycles. The van der Waals surface area contributed by atoms with E-state index in [0.29, 0.717) is 23.3 Å². The molecule has 1 aromatic heterocycles. The normalized spacial score (nSPS) is 17.4. The van der Waals surface area contributed by atoms with Crippen LogP contribution in [0.4, 0.5) is 8.78 Å². The first-order chi connectivity index (χ1) is 12.2. The van der Waals surface area contributed by atoms with Gasteiger partial charge >= 0.3 is 0 Å². The van der Waals surface area contributed by atoms with Crippen LogP contribution in [0.5, 0.6) is 0 Å². The molecule has 1 aliphatic carbocycles. The van der Waals surface area contributed by atoms with E-state index >= 15 is 0 Å². The zero-order chi connectivity index (χ0) is 18.9. The van der Waals surface area contributed by atoms with E-state index in [2.05, 4.69) is 4.72 Å². The summed E-state index contributed by atoms with van der Waals surface area (Å²) in [4.78, 5) is 1.01. The molecule has 0 atom stereocenters. The van der Waals surface area contributed by atoms with Gasteiger partial charge in [0.1, 0.15) is 11.6 Å². The van der Waals surface area contributed by atoms with E-state index in [1.165, 1.54) is 29.5 Å². The monoisotopic (exact) mass is 399 g/mol. The molecule has 1 N–H and O–H groups in total. The Morgan fingerprint density at radius 1 is 1.12 bits per heavy atom. The minimum absolute atomic E-state index is 0.0208. The van der Waals surface area contributed by atoms with E-state index in [0.717, 1.165) is 24.1 Å². The molecule has 1 heterocycles. The lowest BCUT2D eigenvalue weighted by Gasteiger charge is -2.38. The van der Waals surface area contributed by atoms with Gasteiger partial charge in [0.25, 0.3) is 0 Å². The van der Waals surface area contributed by atoms with Gasteiger partial charge < -0.3 is 0 Å². The molecule has 0 amide bonds. The number of nitrogens with one attached hydrogen (secondary N) is 1. The Labute approximate surface area is 157 Å². The third kappa shape index (κ3) is 3.85. The SMILES string of the molecule is Cc1csc(C)c1S(=O)(=O)NC1(Cc2c(F)cccc2F)CCCCC1. The van der Waals surface area contributed by atoms with Crippen LogP contribution in [0.15, 0.2) is 28.5 Å². The maximum absolute atomic E-state index is 14.2. The van der Waals surface area contributed by atoms with Crippen LogP contribution in [0.1, 0.15) is 48.1 Å². The maximum atomic E-state index is 14.2. The standard InChI is InChI=1S/C19H23F2NO2S2/c1-13-12-25-14(2)18(13)26(23,24)22-19(9-4-3-5-10-19)11-15-16(20)7-6-8-17(15)21/h6-8,12,22H,3-5,9-11H2,1-2H3. The van der Waals surface area contributed by atoms with Crippen molar-refractivity contribution in [3.05, 3.63) is 51.2 Å². The van der Waals surface area contributed by atoms with Crippen molar-refractivity contribution >= 4 is 21.4 Å². The van der Waals surface area contributed by atoms with Gasteiger partial charge in [-0.05, 0) is 56.2 Å². The van der Waals surface area contributed by atoms with E-state index < -0.39 is 27.2 Å². The van der Waals surface area contributed by atoms with Crippen molar-refractivity contribution in [2.75, 3.05) is 0 Å². The van der Waals surface area contributed by atoms with E-state index in [9.17, 15) is 17.2 Å². The molecule has 1 fully saturated rings. The summed E-state index contributed by atoms with van der Waals surface area (Å²) in [5, 5.41) is 1.81. The van der Waals surface area contributed by atoms with Gasteiger partial charge in [0, 0.05) is 16.0 Å². The molecule has 1 aliphatic rings. The summed E-state index contributed by atoms with van der Waals surface area (Å²) in [6, 6.07) is 3.76. The molecule has 0 bridgehead atoms. The molecular formula is C19H23F2NO2S2. The highest BCUT2D eigenvalue weighted by molar-refractivity contribution is 7.89. The van der Waals surface area contributed by atoms with Crippen molar-refractivity contribution in [3.63, 3.8) is 0 Å². The van der Waals surface area contributed by atoms with E-state index in [1.807, 2.05) is 5.38 Å². The van der Waals surface area contributed by atoms with Gasteiger partial charge in [0.15, 0.2) is 0 Å². The first-order valence-electron chi connectivity index (χ1n) is 8.76. The highest BCUT2D eigenvalue weighted by Gasteiger charge is 2.39. The molecule has 0 aliphatic heterocycles. The molecule has 0 unspecified atom stereocenters. The topological polar surface area (TPSA) is 46.2 Å². The molecule has 0 radical (unpaired) electrons. The Morgan fingerprint density at radius 2 is 1.73 bits per heavy atom. The van der Waals surface area contributed by atoms with Gasteiger partial charge in [-0.15, -0.1) is 11.3 Å². The molecule has 1 saturated carbocycles. The zero-order valence-electron chi connectivity index (χ0n) is 14.9. The Bertz CT molecular complexity index is 861. The largest absolute Gasteiger partial charge is 0.242 e. The summed E-state index contributed by atoms with van der Waals surface area (Å²) in [6.45, 7) is 3.54. The number of aryl methyl sites for hydroxylation is 2. The van der Waals surface area contributed by atoms with Gasteiger partial charge in [-0.2, -0.15) is 0 Å². The Kier molecular flexibility index (Phi) is 5.51. The van der Waals surface area contributed by atoms with E-state index in [4.69, 9.17) is 0 Å². The molecule has 0 spiro atoms. The lowest BCUT2D eigenvalue weighted by Crippen LogP contribution is -2.51. The smallest absolute Gasteiger partial charge is 0.207 e. The molecule has 26 heavy (non-hydrogen) atoms. The highest BCUT2D eigenvalue weighted by Crippen LogP contribution is 2.35. The van der Waals surface area contributed by atoms with Crippen LogP contribution in [0.2, 0.25) is 0 Å². The average Bonchev–Trinajstić information content (AvgIpc) is 2.91. The van der Waals surface area contributed by atoms with Crippen molar-refractivity contribution in [2.24, 2.45) is 0 Å². The number of sulfonamides is 1.